The Hall–Kier alpha value is -1.59. The van der Waals surface area contributed by atoms with Crippen molar-refractivity contribution < 1.29 is 19.0 Å². The molecule has 5 nitrogen and oxygen atoms in total. The number of nitrogens with one attached hydrogen (secondary N) is 1. The molecule has 0 fully saturated rings. The van der Waals surface area contributed by atoms with E-state index in [4.69, 9.17) is 14.2 Å². The third kappa shape index (κ3) is 3.68. The Morgan fingerprint density at radius 3 is 2.63 bits per heavy atom. The maximum Gasteiger partial charge on any atom is 0.330 e. The van der Waals surface area contributed by atoms with E-state index in [0.29, 0.717) is 18.9 Å². The van der Waals surface area contributed by atoms with Gasteiger partial charge in [-0.25, -0.2) is 4.79 Å². The summed E-state index contributed by atoms with van der Waals surface area (Å²) in [6, 6.07) is 7.35. The van der Waals surface area contributed by atoms with Gasteiger partial charge in [0.25, 0.3) is 0 Å². The Morgan fingerprint density at radius 1 is 1.32 bits per heavy atom. The number of ether oxygens (including phenoxy) is 3. The Morgan fingerprint density at radius 2 is 2.05 bits per heavy atom. The predicted octanol–water partition coefficient (Wildman–Crippen LogP) is 1.32. The summed E-state index contributed by atoms with van der Waals surface area (Å²) in [4.78, 5) is 12.1. The van der Waals surface area contributed by atoms with Crippen LogP contribution in [0.5, 0.6) is 5.75 Å². The molecule has 0 saturated carbocycles. The Balaban J connectivity index is 3.03. The molecule has 1 unspecified atom stereocenters. The Kier molecular flexibility index (Phi) is 5.79. The molecule has 1 aromatic rings. The monoisotopic (exact) mass is 267 g/mol. The van der Waals surface area contributed by atoms with E-state index in [2.05, 4.69) is 5.32 Å². The van der Waals surface area contributed by atoms with Gasteiger partial charge in [0.15, 0.2) is 0 Å². The molecule has 1 aromatic carbocycles. The maximum atomic E-state index is 12.1. The maximum absolute atomic E-state index is 12.1. The zero-order valence-electron chi connectivity index (χ0n) is 11.9. The van der Waals surface area contributed by atoms with Gasteiger partial charge in [0, 0.05) is 13.7 Å². The van der Waals surface area contributed by atoms with Crippen molar-refractivity contribution >= 4 is 5.97 Å². The van der Waals surface area contributed by atoms with E-state index in [1.807, 2.05) is 24.3 Å². The summed E-state index contributed by atoms with van der Waals surface area (Å²) in [6.45, 7) is 2.83. The first-order valence-corrected chi connectivity index (χ1v) is 6.05. The second-order valence-corrected chi connectivity index (χ2v) is 4.27. The van der Waals surface area contributed by atoms with Crippen LogP contribution in [0.1, 0.15) is 12.5 Å². The quantitative estimate of drug-likeness (QED) is 0.596. The van der Waals surface area contributed by atoms with Gasteiger partial charge in [-0.1, -0.05) is 12.1 Å². The van der Waals surface area contributed by atoms with Gasteiger partial charge in [0.05, 0.1) is 20.8 Å². The van der Waals surface area contributed by atoms with E-state index < -0.39 is 5.54 Å². The topological polar surface area (TPSA) is 56.8 Å². The van der Waals surface area contributed by atoms with Crippen molar-refractivity contribution in [1.82, 2.24) is 5.32 Å². The summed E-state index contributed by atoms with van der Waals surface area (Å²) < 4.78 is 15.1. The molecule has 0 spiro atoms. The molecule has 1 N–H and O–H groups in total. The number of benzene rings is 1. The number of hydrogen-bond acceptors (Lipinski definition) is 5. The fraction of sp³-hybridized carbons (Fsp3) is 0.500. The smallest absolute Gasteiger partial charge is 0.330 e. The average molecular weight is 267 g/mol. The standard InChI is InChI=1S/C14H21NO4/c1-14(13(16)19-4,15-8-9-17-2)11-6-5-7-12(10-11)18-3/h5-7,10,15H,8-9H2,1-4H3. The third-order valence-corrected chi connectivity index (χ3v) is 3.03. The minimum atomic E-state index is -0.929. The van der Waals surface area contributed by atoms with Gasteiger partial charge in [0.1, 0.15) is 11.3 Å². The van der Waals surface area contributed by atoms with E-state index in [0.717, 1.165) is 5.56 Å². The zero-order chi connectivity index (χ0) is 14.3. The number of carbonyl (C=O) groups excluding carboxylic acids is 1. The van der Waals surface area contributed by atoms with Crippen LogP contribution in [0.25, 0.3) is 0 Å². The van der Waals surface area contributed by atoms with Gasteiger partial charge in [-0.15, -0.1) is 0 Å². The molecule has 0 aliphatic carbocycles. The van der Waals surface area contributed by atoms with Gasteiger partial charge in [-0.05, 0) is 24.6 Å². The lowest BCUT2D eigenvalue weighted by Gasteiger charge is -2.28. The third-order valence-electron chi connectivity index (χ3n) is 3.03. The van der Waals surface area contributed by atoms with Crippen LogP contribution >= 0.6 is 0 Å². The first-order valence-electron chi connectivity index (χ1n) is 6.05. The first-order chi connectivity index (χ1) is 9.08. The SMILES string of the molecule is COCCNC(C)(C(=O)OC)c1cccc(OC)c1. The van der Waals surface area contributed by atoms with Crippen molar-refractivity contribution in [2.24, 2.45) is 0 Å². The summed E-state index contributed by atoms with van der Waals surface area (Å²) in [5, 5.41) is 3.16. The van der Waals surface area contributed by atoms with Gasteiger partial charge < -0.3 is 14.2 Å². The van der Waals surface area contributed by atoms with Crippen LogP contribution in [-0.4, -0.2) is 40.5 Å². The second kappa shape index (κ2) is 7.11. The van der Waals surface area contributed by atoms with Crippen LogP contribution in [0.3, 0.4) is 0 Å². The van der Waals surface area contributed by atoms with E-state index in [-0.39, 0.29) is 5.97 Å². The minimum absolute atomic E-state index is 0.350. The van der Waals surface area contributed by atoms with Crippen LogP contribution in [0.15, 0.2) is 24.3 Å². The van der Waals surface area contributed by atoms with Crippen molar-refractivity contribution in [3.63, 3.8) is 0 Å². The van der Waals surface area contributed by atoms with E-state index >= 15 is 0 Å². The molecule has 0 saturated heterocycles. The van der Waals surface area contributed by atoms with Crippen LogP contribution in [-0.2, 0) is 19.8 Å². The second-order valence-electron chi connectivity index (χ2n) is 4.27. The fourth-order valence-corrected chi connectivity index (χ4v) is 1.83. The molecular weight excluding hydrogens is 246 g/mol. The zero-order valence-corrected chi connectivity index (χ0v) is 11.9. The number of methoxy groups -OCH3 is 3. The molecule has 0 aliphatic heterocycles. The Labute approximate surface area is 113 Å². The highest BCUT2D eigenvalue weighted by molar-refractivity contribution is 5.82. The molecule has 0 bridgehead atoms. The van der Waals surface area contributed by atoms with Crippen LogP contribution in [0, 0.1) is 0 Å². The highest BCUT2D eigenvalue weighted by Gasteiger charge is 2.36. The lowest BCUT2D eigenvalue weighted by Crippen LogP contribution is -2.48. The van der Waals surface area contributed by atoms with Gasteiger partial charge in [-0.2, -0.15) is 0 Å². The molecule has 0 radical (unpaired) electrons. The van der Waals surface area contributed by atoms with Crippen LogP contribution in [0.4, 0.5) is 0 Å². The van der Waals surface area contributed by atoms with Gasteiger partial charge >= 0.3 is 5.97 Å². The van der Waals surface area contributed by atoms with Crippen molar-refractivity contribution in [3.8, 4) is 5.75 Å². The van der Waals surface area contributed by atoms with E-state index in [1.54, 1.807) is 21.1 Å². The molecule has 0 heterocycles. The molecule has 1 atom stereocenters. The average Bonchev–Trinajstić information content (AvgIpc) is 2.46. The number of carbonyl (C=O) groups is 1. The highest BCUT2D eigenvalue weighted by Crippen LogP contribution is 2.25. The summed E-state index contributed by atoms with van der Waals surface area (Å²) in [5.74, 6) is 0.345. The first kappa shape index (κ1) is 15.5. The highest BCUT2D eigenvalue weighted by atomic mass is 16.5. The van der Waals surface area contributed by atoms with E-state index in [9.17, 15) is 4.79 Å². The summed E-state index contributed by atoms with van der Waals surface area (Å²) in [5.41, 5.74) is -0.142. The van der Waals surface area contributed by atoms with Gasteiger partial charge in [0.2, 0.25) is 0 Å². The van der Waals surface area contributed by atoms with Crippen molar-refractivity contribution in [2.75, 3.05) is 34.5 Å². The van der Waals surface area contributed by atoms with E-state index in [1.165, 1.54) is 7.11 Å². The van der Waals surface area contributed by atoms with Crippen LogP contribution < -0.4 is 10.1 Å². The van der Waals surface area contributed by atoms with Crippen molar-refractivity contribution in [1.29, 1.82) is 0 Å². The molecule has 106 valence electrons. The number of rotatable bonds is 7. The molecule has 0 amide bonds. The fourth-order valence-electron chi connectivity index (χ4n) is 1.83. The van der Waals surface area contributed by atoms with Crippen molar-refractivity contribution in [2.45, 2.75) is 12.5 Å². The molecule has 5 heteroatoms. The molecular formula is C14H21NO4. The van der Waals surface area contributed by atoms with Gasteiger partial charge in [-0.3, -0.25) is 5.32 Å². The molecule has 19 heavy (non-hydrogen) atoms. The molecule has 0 aromatic heterocycles. The predicted molar refractivity (Wildman–Crippen MR) is 72.2 cm³/mol. The molecule has 1 rings (SSSR count). The largest absolute Gasteiger partial charge is 0.497 e. The summed E-state index contributed by atoms with van der Waals surface area (Å²) >= 11 is 0. The number of esters is 1. The normalized spacial score (nSPS) is 13.7. The van der Waals surface area contributed by atoms with Crippen molar-refractivity contribution in [3.05, 3.63) is 29.8 Å². The summed E-state index contributed by atoms with van der Waals surface area (Å²) in [6.07, 6.45) is 0. The lowest BCUT2D eigenvalue weighted by atomic mass is 9.91. The van der Waals surface area contributed by atoms with Crippen LogP contribution in [0.2, 0.25) is 0 Å². The minimum Gasteiger partial charge on any atom is -0.497 e. The lowest BCUT2D eigenvalue weighted by molar-refractivity contribution is -0.148. The summed E-state index contributed by atoms with van der Waals surface area (Å²) in [7, 11) is 4.58. The Bertz CT molecular complexity index is 422. The number of hydrogen-bond donors (Lipinski definition) is 1. The molecule has 0 aliphatic rings.